The van der Waals surface area contributed by atoms with Crippen LogP contribution in [0.1, 0.15) is 30.3 Å². The van der Waals surface area contributed by atoms with E-state index in [9.17, 15) is 4.79 Å². The number of carbonyl (C=O) groups excluding carboxylic acids is 1. The zero-order valence-corrected chi connectivity index (χ0v) is 12.7. The van der Waals surface area contributed by atoms with E-state index in [2.05, 4.69) is 22.4 Å². The number of rotatable bonds is 5. The third-order valence-electron chi connectivity index (χ3n) is 3.88. The van der Waals surface area contributed by atoms with Crippen molar-refractivity contribution in [1.29, 1.82) is 0 Å². The molecule has 6 nitrogen and oxygen atoms in total. The fourth-order valence-corrected chi connectivity index (χ4v) is 2.76. The monoisotopic (exact) mass is 300 g/mol. The second kappa shape index (κ2) is 6.70. The molecule has 1 aliphatic rings. The molecule has 3 rings (SSSR count). The van der Waals surface area contributed by atoms with Crippen molar-refractivity contribution in [2.75, 3.05) is 19.6 Å². The largest absolute Gasteiger partial charge is 0.355 e. The van der Waals surface area contributed by atoms with Crippen LogP contribution in [-0.2, 0) is 0 Å². The fourth-order valence-electron chi connectivity index (χ4n) is 2.76. The van der Waals surface area contributed by atoms with Crippen molar-refractivity contribution in [1.82, 2.24) is 20.4 Å². The first-order chi connectivity index (χ1) is 10.8. The van der Waals surface area contributed by atoms with E-state index in [0.29, 0.717) is 11.5 Å². The van der Waals surface area contributed by atoms with Crippen LogP contribution in [0.4, 0.5) is 0 Å². The SMILES string of the molecule is CCCN(C(=O)c1cc(-c2cccnc2)on1)C1CCNC1. The van der Waals surface area contributed by atoms with E-state index >= 15 is 0 Å². The Kier molecular flexibility index (Phi) is 4.48. The molecule has 1 saturated heterocycles. The summed E-state index contributed by atoms with van der Waals surface area (Å²) in [4.78, 5) is 18.7. The molecule has 0 saturated carbocycles. The Morgan fingerprint density at radius 1 is 1.55 bits per heavy atom. The van der Waals surface area contributed by atoms with Crippen molar-refractivity contribution >= 4 is 5.91 Å². The average Bonchev–Trinajstić information content (AvgIpc) is 3.24. The second-order valence-electron chi connectivity index (χ2n) is 5.46. The van der Waals surface area contributed by atoms with Gasteiger partial charge in [0.15, 0.2) is 11.5 Å². The molecule has 1 atom stereocenters. The van der Waals surface area contributed by atoms with Crippen LogP contribution in [0, 0.1) is 0 Å². The highest BCUT2D eigenvalue weighted by molar-refractivity contribution is 5.93. The summed E-state index contributed by atoms with van der Waals surface area (Å²) in [5, 5.41) is 7.26. The lowest BCUT2D eigenvalue weighted by Crippen LogP contribution is -2.42. The van der Waals surface area contributed by atoms with Gasteiger partial charge in [-0.25, -0.2) is 0 Å². The Balaban J connectivity index is 1.80. The quantitative estimate of drug-likeness (QED) is 0.914. The maximum atomic E-state index is 12.7. The number of hydrogen-bond donors (Lipinski definition) is 1. The van der Waals surface area contributed by atoms with Gasteiger partial charge in [0, 0.05) is 43.2 Å². The normalized spacial score (nSPS) is 17.6. The van der Waals surface area contributed by atoms with Crippen molar-refractivity contribution in [3.63, 3.8) is 0 Å². The molecule has 3 heterocycles. The van der Waals surface area contributed by atoms with Gasteiger partial charge in [0.1, 0.15) is 0 Å². The van der Waals surface area contributed by atoms with Gasteiger partial charge in [-0.1, -0.05) is 12.1 Å². The zero-order valence-electron chi connectivity index (χ0n) is 12.7. The second-order valence-corrected chi connectivity index (χ2v) is 5.46. The predicted molar refractivity (Wildman–Crippen MR) is 82.3 cm³/mol. The van der Waals surface area contributed by atoms with Gasteiger partial charge in [-0.05, 0) is 31.5 Å². The standard InChI is InChI=1S/C16H20N4O2/c1-2-8-20(13-5-7-18-11-13)16(21)14-9-15(22-19-14)12-4-3-6-17-10-12/h3-4,6,9-10,13,18H,2,5,7-8,11H2,1H3. The average molecular weight is 300 g/mol. The van der Waals surface area contributed by atoms with Gasteiger partial charge in [0.25, 0.3) is 5.91 Å². The molecule has 0 bridgehead atoms. The Morgan fingerprint density at radius 3 is 3.14 bits per heavy atom. The molecule has 0 aromatic carbocycles. The highest BCUT2D eigenvalue weighted by Gasteiger charge is 2.28. The molecule has 6 heteroatoms. The molecule has 0 radical (unpaired) electrons. The van der Waals surface area contributed by atoms with E-state index in [1.807, 2.05) is 17.0 Å². The zero-order chi connectivity index (χ0) is 15.4. The molecule has 116 valence electrons. The lowest BCUT2D eigenvalue weighted by molar-refractivity contribution is 0.0681. The Bertz CT molecular complexity index is 620. The fraction of sp³-hybridized carbons (Fsp3) is 0.438. The van der Waals surface area contributed by atoms with Crippen LogP contribution in [0.3, 0.4) is 0 Å². The van der Waals surface area contributed by atoms with Gasteiger partial charge in [0.05, 0.1) is 0 Å². The van der Waals surface area contributed by atoms with Crippen molar-refractivity contribution in [3.05, 3.63) is 36.3 Å². The van der Waals surface area contributed by atoms with Crippen LogP contribution >= 0.6 is 0 Å². The van der Waals surface area contributed by atoms with E-state index in [-0.39, 0.29) is 11.9 Å². The van der Waals surface area contributed by atoms with Crippen LogP contribution in [-0.4, -0.2) is 46.6 Å². The molecule has 1 fully saturated rings. The first-order valence-electron chi connectivity index (χ1n) is 7.68. The number of pyridine rings is 1. The lowest BCUT2D eigenvalue weighted by Gasteiger charge is -2.27. The Labute approximate surface area is 129 Å². The van der Waals surface area contributed by atoms with Crippen LogP contribution in [0.25, 0.3) is 11.3 Å². The maximum Gasteiger partial charge on any atom is 0.276 e. The smallest absolute Gasteiger partial charge is 0.276 e. The molecule has 22 heavy (non-hydrogen) atoms. The molecular formula is C16H20N4O2. The van der Waals surface area contributed by atoms with Crippen molar-refractivity contribution < 1.29 is 9.32 Å². The molecule has 2 aromatic heterocycles. The number of nitrogens with one attached hydrogen (secondary N) is 1. The third-order valence-corrected chi connectivity index (χ3v) is 3.88. The summed E-state index contributed by atoms with van der Waals surface area (Å²) in [5.41, 5.74) is 1.18. The molecule has 1 aliphatic heterocycles. The van der Waals surface area contributed by atoms with Gasteiger partial charge in [-0.3, -0.25) is 9.78 Å². The molecular weight excluding hydrogens is 280 g/mol. The van der Waals surface area contributed by atoms with E-state index < -0.39 is 0 Å². The van der Waals surface area contributed by atoms with Gasteiger partial charge in [0.2, 0.25) is 0 Å². The summed E-state index contributed by atoms with van der Waals surface area (Å²) >= 11 is 0. The molecule has 1 N–H and O–H groups in total. The number of nitrogens with zero attached hydrogens (tertiary/aromatic N) is 3. The van der Waals surface area contributed by atoms with Crippen molar-refractivity contribution in [2.45, 2.75) is 25.8 Å². The van der Waals surface area contributed by atoms with Gasteiger partial charge in [-0.2, -0.15) is 0 Å². The third kappa shape index (κ3) is 3.01. The molecule has 0 spiro atoms. The minimum atomic E-state index is -0.0607. The van der Waals surface area contributed by atoms with Crippen LogP contribution in [0.15, 0.2) is 35.1 Å². The first-order valence-corrected chi connectivity index (χ1v) is 7.68. The highest BCUT2D eigenvalue weighted by atomic mass is 16.5. The molecule has 2 aromatic rings. The maximum absolute atomic E-state index is 12.7. The summed E-state index contributed by atoms with van der Waals surface area (Å²) in [6, 6.07) is 5.65. The highest BCUT2D eigenvalue weighted by Crippen LogP contribution is 2.21. The molecule has 1 unspecified atom stereocenters. The van der Waals surface area contributed by atoms with Crippen LogP contribution < -0.4 is 5.32 Å². The van der Waals surface area contributed by atoms with Crippen molar-refractivity contribution in [2.24, 2.45) is 0 Å². The van der Waals surface area contributed by atoms with E-state index in [0.717, 1.165) is 38.0 Å². The van der Waals surface area contributed by atoms with E-state index in [1.165, 1.54) is 0 Å². The summed E-state index contributed by atoms with van der Waals surface area (Å²) < 4.78 is 5.31. The topological polar surface area (TPSA) is 71.3 Å². The molecule has 1 amide bonds. The van der Waals surface area contributed by atoms with E-state index in [1.54, 1.807) is 18.5 Å². The summed E-state index contributed by atoms with van der Waals surface area (Å²) in [5.74, 6) is 0.506. The van der Waals surface area contributed by atoms with Crippen LogP contribution in [0.2, 0.25) is 0 Å². The minimum absolute atomic E-state index is 0.0607. The Hall–Kier alpha value is -2.21. The number of hydrogen-bond acceptors (Lipinski definition) is 5. The summed E-state index contributed by atoms with van der Waals surface area (Å²) in [6.45, 7) is 4.61. The number of amides is 1. The van der Waals surface area contributed by atoms with Gasteiger partial charge >= 0.3 is 0 Å². The van der Waals surface area contributed by atoms with Gasteiger partial charge in [-0.15, -0.1) is 0 Å². The van der Waals surface area contributed by atoms with Gasteiger partial charge < -0.3 is 14.7 Å². The number of carbonyl (C=O) groups is 1. The Morgan fingerprint density at radius 2 is 2.45 bits per heavy atom. The van der Waals surface area contributed by atoms with Crippen molar-refractivity contribution in [3.8, 4) is 11.3 Å². The number of aromatic nitrogens is 2. The first kappa shape index (κ1) is 14.7. The summed E-state index contributed by atoms with van der Waals surface area (Å²) in [6.07, 6.45) is 5.30. The summed E-state index contributed by atoms with van der Waals surface area (Å²) in [7, 11) is 0. The lowest BCUT2D eigenvalue weighted by atomic mass is 10.1. The molecule has 0 aliphatic carbocycles. The predicted octanol–water partition coefficient (Wildman–Crippen LogP) is 1.95. The van der Waals surface area contributed by atoms with Crippen LogP contribution in [0.5, 0.6) is 0 Å². The van der Waals surface area contributed by atoms with E-state index in [4.69, 9.17) is 4.52 Å². The minimum Gasteiger partial charge on any atom is -0.355 e.